The van der Waals surface area contributed by atoms with Gasteiger partial charge in [-0.2, -0.15) is 0 Å². The predicted molar refractivity (Wildman–Crippen MR) is 198 cm³/mol. The molecule has 4 aromatic rings. The van der Waals surface area contributed by atoms with Crippen molar-refractivity contribution < 1.29 is 0 Å². The van der Waals surface area contributed by atoms with E-state index in [4.69, 9.17) is 5.73 Å². The van der Waals surface area contributed by atoms with E-state index in [0.29, 0.717) is 0 Å². The average Bonchev–Trinajstić information content (AvgIpc) is 3.03. The van der Waals surface area contributed by atoms with Crippen molar-refractivity contribution >= 4 is 34.9 Å². The standard InChI is InChI=1S/C19H23NS.C14H15NS.C7H16/c1-15-10-11-18(16(2)14-15)21-19-9-5-4-8-17(19)20-12-6-3-7-13-20;1-10-7-8-13(11(2)9-10)16-14-6-4-3-5-12(14)15;1-3-5-7-6-4-2/h4-5,8-11,14H,3,6-7,12-13H2,1-2H3;3-9H,15H2,1-2H3;3-7H2,1-2H3. The Morgan fingerprint density at radius 2 is 1.07 bits per heavy atom. The van der Waals surface area contributed by atoms with Crippen LogP contribution in [0.1, 0.15) is 87.5 Å². The molecule has 0 atom stereocenters. The van der Waals surface area contributed by atoms with Crippen LogP contribution in [0.4, 0.5) is 11.4 Å². The fourth-order valence-electron chi connectivity index (χ4n) is 5.25. The normalized spacial score (nSPS) is 12.5. The lowest BCUT2D eigenvalue weighted by atomic mass is 10.1. The zero-order valence-electron chi connectivity index (χ0n) is 28.0. The molecule has 0 radical (unpaired) electrons. The summed E-state index contributed by atoms with van der Waals surface area (Å²) in [7, 11) is 0. The van der Waals surface area contributed by atoms with Crippen LogP contribution in [0.3, 0.4) is 0 Å². The predicted octanol–water partition coefficient (Wildman–Crippen LogP) is 12.5. The highest BCUT2D eigenvalue weighted by Crippen LogP contribution is 2.38. The molecule has 0 aliphatic carbocycles. The molecule has 1 fully saturated rings. The quantitative estimate of drug-likeness (QED) is 0.148. The second-order valence-electron chi connectivity index (χ2n) is 11.9. The number of piperidine rings is 1. The smallest absolute Gasteiger partial charge is 0.0508 e. The Kier molecular flexibility index (Phi) is 15.8. The molecule has 2 nitrogen and oxygen atoms in total. The Bertz CT molecular complexity index is 1400. The lowest BCUT2D eigenvalue weighted by Crippen LogP contribution is -2.29. The van der Waals surface area contributed by atoms with Crippen LogP contribution >= 0.6 is 23.5 Å². The fraction of sp³-hybridized carbons (Fsp3) is 0.400. The molecule has 4 aromatic carbocycles. The molecule has 1 saturated heterocycles. The minimum absolute atomic E-state index is 0.840. The monoisotopic (exact) mass is 626 g/mol. The van der Waals surface area contributed by atoms with Gasteiger partial charge in [-0.05, 0) is 94.5 Å². The number of nitrogens with zero attached hydrogens (tertiary/aromatic N) is 1. The van der Waals surface area contributed by atoms with Gasteiger partial charge < -0.3 is 10.6 Å². The summed E-state index contributed by atoms with van der Waals surface area (Å²) in [5.41, 5.74) is 13.5. The molecule has 4 heteroatoms. The van der Waals surface area contributed by atoms with Crippen LogP contribution in [0.5, 0.6) is 0 Å². The van der Waals surface area contributed by atoms with Crippen molar-refractivity contribution in [2.24, 2.45) is 0 Å². The summed E-state index contributed by atoms with van der Waals surface area (Å²) < 4.78 is 0. The highest BCUT2D eigenvalue weighted by molar-refractivity contribution is 7.99. The molecule has 1 heterocycles. The average molecular weight is 627 g/mol. The number of rotatable bonds is 9. The van der Waals surface area contributed by atoms with E-state index in [-0.39, 0.29) is 0 Å². The third-order valence-electron chi connectivity index (χ3n) is 7.79. The highest BCUT2D eigenvalue weighted by Gasteiger charge is 2.15. The maximum absolute atomic E-state index is 5.93. The van der Waals surface area contributed by atoms with Crippen molar-refractivity contribution in [1.82, 2.24) is 0 Å². The Balaban J connectivity index is 0.000000203. The summed E-state index contributed by atoms with van der Waals surface area (Å²) in [6.07, 6.45) is 11.0. The van der Waals surface area contributed by atoms with Crippen LogP contribution in [0.15, 0.2) is 105 Å². The van der Waals surface area contributed by atoms with Gasteiger partial charge in [-0.25, -0.2) is 0 Å². The van der Waals surface area contributed by atoms with Crippen molar-refractivity contribution in [3.63, 3.8) is 0 Å². The Morgan fingerprint density at radius 3 is 1.59 bits per heavy atom. The number of hydrogen-bond acceptors (Lipinski definition) is 4. The lowest BCUT2D eigenvalue weighted by Gasteiger charge is -2.30. The van der Waals surface area contributed by atoms with Gasteiger partial charge in [-0.1, -0.05) is 129 Å². The van der Waals surface area contributed by atoms with Gasteiger partial charge in [0.1, 0.15) is 0 Å². The number of nitrogens with two attached hydrogens (primary N) is 1. The van der Waals surface area contributed by atoms with Crippen LogP contribution in [0.2, 0.25) is 0 Å². The highest BCUT2D eigenvalue weighted by atomic mass is 32.2. The van der Waals surface area contributed by atoms with Gasteiger partial charge in [0.05, 0.1) is 5.69 Å². The first-order chi connectivity index (χ1) is 21.3. The maximum atomic E-state index is 5.93. The molecule has 0 bridgehead atoms. The SMILES string of the molecule is CCCCCCC.Cc1ccc(Sc2ccccc2N)c(C)c1.Cc1ccc(Sc2ccccc2N2CCCCC2)c(C)c1. The number of anilines is 2. The van der Waals surface area contributed by atoms with Crippen LogP contribution in [0, 0.1) is 27.7 Å². The Hall–Kier alpha value is -2.82. The summed E-state index contributed by atoms with van der Waals surface area (Å²) in [6, 6.07) is 30.0. The van der Waals surface area contributed by atoms with Crippen LogP contribution in [-0.4, -0.2) is 13.1 Å². The molecule has 2 N–H and O–H groups in total. The topological polar surface area (TPSA) is 29.3 Å². The van der Waals surface area contributed by atoms with Crippen molar-refractivity contribution in [3.05, 3.63) is 107 Å². The molecule has 1 aliphatic heterocycles. The van der Waals surface area contributed by atoms with Gasteiger partial charge in [-0.3, -0.25) is 0 Å². The third kappa shape index (κ3) is 11.9. The van der Waals surface area contributed by atoms with E-state index in [0.717, 1.165) is 10.6 Å². The first kappa shape index (κ1) is 35.7. The van der Waals surface area contributed by atoms with E-state index in [1.54, 1.807) is 11.8 Å². The molecular weight excluding hydrogens is 573 g/mol. The van der Waals surface area contributed by atoms with Gasteiger partial charge in [-0.15, -0.1) is 0 Å². The molecular formula is C40H54N2S2. The summed E-state index contributed by atoms with van der Waals surface area (Å²) in [6.45, 7) is 15.5. The number of unbranched alkanes of at least 4 members (excludes halogenated alkanes) is 4. The molecule has 1 aliphatic rings. The number of para-hydroxylation sites is 2. The van der Waals surface area contributed by atoms with Crippen molar-refractivity contribution in [2.45, 2.75) is 112 Å². The van der Waals surface area contributed by atoms with Gasteiger partial charge in [0.25, 0.3) is 0 Å². The molecule has 0 spiro atoms. The third-order valence-corrected chi connectivity index (χ3v) is 10.3. The second-order valence-corrected chi connectivity index (χ2v) is 14.0. The summed E-state index contributed by atoms with van der Waals surface area (Å²) in [4.78, 5) is 7.68. The fourth-order valence-corrected chi connectivity index (χ4v) is 7.22. The van der Waals surface area contributed by atoms with E-state index < -0.39 is 0 Å². The number of nitrogen functional groups attached to an aromatic ring is 1. The number of aryl methyl sites for hydroxylation is 4. The summed E-state index contributed by atoms with van der Waals surface area (Å²) >= 11 is 3.63. The van der Waals surface area contributed by atoms with Crippen molar-refractivity contribution in [2.75, 3.05) is 23.7 Å². The molecule has 0 amide bonds. The van der Waals surface area contributed by atoms with Crippen molar-refractivity contribution in [1.29, 1.82) is 0 Å². The van der Waals surface area contributed by atoms with Gasteiger partial charge in [0.15, 0.2) is 0 Å². The van der Waals surface area contributed by atoms with Gasteiger partial charge >= 0.3 is 0 Å². The Morgan fingerprint density at radius 1 is 0.568 bits per heavy atom. The van der Waals surface area contributed by atoms with Gasteiger partial charge in [0.2, 0.25) is 0 Å². The number of benzene rings is 4. The molecule has 5 rings (SSSR count). The van der Waals surface area contributed by atoms with Crippen LogP contribution < -0.4 is 10.6 Å². The molecule has 0 aromatic heterocycles. The second kappa shape index (κ2) is 19.5. The molecule has 44 heavy (non-hydrogen) atoms. The van der Waals surface area contributed by atoms with Crippen molar-refractivity contribution in [3.8, 4) is 0 Å². The van der Waals surface area contributed by atoms with E-state index >= 15 is 0 Å². The van der Waals surface area contributed by atoms with Crippen LogP contribution in [0.25, 0.3) is 0 Å². The number of hydrogen-bond donors (Lipinski definition) is 1. The first-order valence-corrected chi connectivity index (χ1v) is 18.1. The molecule has 0 unspecified atom stereocenters. The lowest BCUT2D eigenvalue weighted by molar-refractivity contribution is 0.575. The van der Waals surface area contributed by atoms with E-state index in [1.165, 1.54) is 107 Å². The van der Waals surface area contributed by atoms with E-state index in [2.05, 4.69) is 113 Å². The maximum Gasteiger partial charge on any atom is 0.0508 e. The zero-order chi connectivity index (χ0) is 31.7. The zero-order valence-corrected chi connectivity index (χ0v) is 29.6. The van der Waals surface area contributed by atoms with Gasteiger partial charge in [0, 0.05) is 38.4 Å². The largest absolute Gasteiger partial charge is 0.398 e. The Labute approximate surface area is 277 Å². The van der Waals surface area contributed by atoms with E-state index in [9.17, 15) is 0 Å². The van der Waals surface area contributed by atoms with E-state index in [1.807, 2.05) is 30.0 Å². The minimum atomic E-state index is 0.840. The first-order valence-electron chi connectivity index (χ1n) is 16.5. The summed E-state index contributed by atoms with van der Waals surface area (Å²) in [5, 5.41) is 0. The molecule has 236 valence electrons. The molecule has 0 saturated carbocycles. The van der Waals surface area contributed by atoms with Crippen LogP contribution in [-0.2, 0) is 0 Å². The minimum Gasteiger partial charge on any atom is -0.398 e. The summed E-state index contributed by atoms with van der Waals surface area (Å²) in [5.74, 6) is 0.